The minimum Gasteiger partial charge on any atom is -0.345 e. The molecular weight excluding hydrogens is 467 g/mol. The zero-order chi connectivity index (χ0) is 23.3. The summed E-state index contributed by atoms with van der Waals surface area (Å²) < 4.78 is 26.0. The van der Waals surface area contributed by atoms with Gasteiger partial charge in [0.05, 0.1) is 34.6 Å². The van der Waals surface area contributed by atoms with Gasteiger partial charge in [0.25, 0.3) is 5.91 Å². The van der Waals surface area contributed by atoms with E-state index in [4.69, 9.17) is 23.2 Å². The minimum atomic E-state index is -3.62. The quantitative estimate of drug-likeness (QED) is 0.431. The highest BCUT2D eigenvalue weighted by atomic mass is 35.5. The molecule has 0 aromatic heterocycles. The summed E-state index contributed by atoms with van der Waals surface area (Å²) in [5.74, 6) is -0.190. The van der Waals surface area contributed by atoms with Crippen LogP contribution in [0.5, 0.6) is 0 Å². The Morgan fingerprint density at radius 3 is 2.22 bits per heavy atom. The predicted molar refractivity (Wildman–Crippen MR) is 131 cm³/mol. The first-order valence-corrected chi connectivity index (χ1v) is 12.7. The summed E-state index contributed by atoms with van der Waals surface area (Å²) in [5, 5.41) is 3.49. The Bertz CT molecular complexity index is 1180. The van der Waals surface area contributed by atoms with E-state index in [0.29, 0.717) is 16.8 Å². The van der Waals surface area contributed by atoms with Gasteiger partial charge in [-0.25, -0.2) is 8.42 Å². The summed E-state index contributed by atoms with van der Waals surface area (Å²) in [6.07, 6.45) is 1.87. The van der Waals surface area contributed by atoms with Gasteiger partial charge < -0.3 is 5.32 Å². The molecule has 0 radical (unpaired) electrons. The number of anilines is 1. The molecule has 3 aromatic carbocycles. The zero-order valence-corrected chi connectivity index (χ0v) is 20.1. The van der Waals surface area contributed by atoms with Crippen LogP contribution in [0.15, 0.2) is 72.8 Å². The molecule has 0 spiro atoms. The second-order valence-electron chi connectivity index (χ2n) is 7.38. The lowest BCUT2D eigenvalue weighted by Crippen LogP contribution is -2.30. The van der Waals surface area contributed by atoms with Crippen molar-refractivity contribution >= 4 is 44.8 Å². The number of carbonyl (C=O) groups is 1. The van der Waals surface area contributed by atoms with E-state index in [0.717, 1.165) is 18.2 Å². The van der Waals surface area contributed by atoms with Crippen LogP contribution < -0.4 is 9.62 Å². The molecule has 32 heavy (non-hydrogen) atoms. The van der Waals surface area contributed by atoms with Crippen LogP contribution in [-0.2, 0) is 16.6 Å². The number of amides is 1. The topological polar surface area (TPSA) is 66.5 Å². The highest BCUT2D eigenvalue weighted by Crippen LogP contribution is 2.34. The van der Waals surface area contributed by atoms with E-state index in [-0.39, 0.29) is 28.5 Å². The molecule has 168 valence electrons. The fourth-order valence-electron chi connectivity index (χ4n) is 3.34. The molecule has 1 amide bonds. The van der Waals surface area contributed by atoms with E-state index in [2.05, 4.69) is 5.32 Å². The Morgan fingerprint density at radius 2 is 1.62 bits per heavy atom. The molecule has 0 aliphatic rings. The van der Waals surface area contributed by atoms with E-state index in [9.17, 15) is 13.2 Å². The van der Waals surface area contributed by atoms with Crippen molar-refractivity contribution in [2.24, 2.45) is 0 Å². The van der Waals surface area contributed by atoms with Crippen molar-refractivity contribution in [1.29, 1.82) is 0 Å². The van der Waals surface area contributed by atoms with Crippen molar-refractivity contribution in [3.8, 4) is 0 Å². The molecule has 0 bridgehead atoms. The summed E-state index contributed by atoms with van der Waals surface area (Å²) in [4.78, 5) is 12.7. The molecule has 0 aliphatic heterocycles. The van der Waals surface area contributed by atoms with Gasteiger partial charge in [0.1, 0.15) is 0 Å². The monoisotopic (exact) mass is 490 g/mol. The van der Waals surface area contributed by atoms with Gasteiger partial charge in [-0.05, 0) is 41.8 Å². The lowest BCUT2D eigenvalue weighted by molar-refractivity contribution is 0.0935. The lowest BCUT2D eigenvalue weighted by atomic mass is 10.0. The third-order valence-corrected chi connectivity index (χ3v) is 6.99. The first kappa shape index (κ1) is 24.1. The molecule has 8 heteroatoms. The second kappa shape index (κ2) is 10.4. The molecule has 1 atom stereocenters. The lowest BCUT2D eigenvalue weighted by Gasteiger charge is -2.24. The van der Waals surface area contributed by atoms with Crippen molar-refractivity contribution in [1.82, 2.24) is 5.32 Å². The van der Waals surface area contributed by atoms with Crippen LogP contribution in [0.3, 0.4) is 0 Å². The molecule has 0 saturated heterocycles. The van der Waals surface area contributed by atoms with Crippen LogP contribution in [0.2, 0.25) is 10.0 Å². The number of hydrogen-bond acceptors (Lipinski definition) is 3. The van der Waals surface area contributed by atoms with Crippen molar-refractivity contribution in [3.63, 3.8) is 0 Å². The Balaban J connectivity index is 1.78. The predicted octanol–water partition coefficient (Wildman–Crippen LogP) is 5.84. The summed E-state index contributed by atoms with van der Waals surface area (Å²) in [6.45, 7) is 2.07. The Kier molecular flexibility index (Phi) is 7.82. The third kappa shape index (κ3) is 5.82. The van der Waals surface area contributed by atoms with Crippen LogP contribution in [0.25, 0.3) is 0 Å². The van der Waals surface area contributed by atoms with Gasteiger partial charge in [-0.15, -0.1) is 0 Å². The Morgan fingerprint density at radius 1 is 0.969 bits per heavy atom. The highest BCUT2D eigenvalue weighted by molar-refractivity contribution is 7.92. The van der Waals surface area contributed by atoms with Crippen LogP contribution >= 0.6 is 23.2 Å². The summed E-state index contributed by atoms with van der Waals surface area (Å²) in [6, 6.07) is 21.4. The van der Waals surface area contributed by atoms with Gasteiger partial charge in [-0.1, -0.05) is 78.7 Å². The maximum Gasteiger partial charge on any atom is 0.251 e. The number of hydrogen-bond donors (Lipinski definition) is 1. The van der Waals surface area contributed by atoms with Gasteiger partial charge in [0, 0.05) is 5.56 Å². The van der Waals surface area contributed by atoms with E-state index < -0.39 is 10.0 Å². The first-order valence-electron chi connectivity index (χ1n) is 10.1. The Labute approximate surface area is 199 Å². The summed E-state index contributed by atoms with van der Waals surface area (Å²) in [7, 11) is -3.62. The largest absolute Gasteiger partial charge is 0.345 e. The third-order valence-electron chi connectivity index (χ3n) is 5.06. The van der Waals surface area contributed by atoms with E-state index in [1.54, 1.807) is 42.5 Å². The molecular formula is C24H24Cl2N2O3S. The van der Waals surface area contributed by atoms with Crippen LogP contribution in [0.4, 0.5) is 5.69 Å². The fraction of sp³-hybridized carbons (Fsp3) is 0.208. The van der Waals surface area contributed by atoms with Gasteiger partial charge in [-0.2, -0.15) is 0 Å². The number of carbonyl (C=O) groups excluding carboxylic acids is 1. The highest BCUT2D eigenvalue weighted by Gasteiger charge is 2.22. The Hall–Kier alpha value is -2.54. The molecule has 0 fully saturated rings. The number of halogens is 2. The number of benzene rings is 3. The van der Waals surface area contributed by atoms with Crippen molar-refractivity contribution in [2.45, 2.75) is 25.9 Å². The van der Waals surface area contributed by atoms with E-state index in [1.807, 2.05) is 37.3 Å². The van der Waals surface area contributed by atoms with Crippen LogP contribution in [0.1, 0.15) is 40.9 Å². The average molecular weight is 491 g/mol. The maximum atomic E-state index is 12.7. The van der Waals surface area contributed by atoms with Gasteiger partial charge in [-0.3, -0.25) is 9.10 Å². The standard InChI is InChI=1S/C24H24Cl2N2O3S/c1-3-21(18-8-5-4-6-9-18)27-24(29)19-14-12-17(13-15-19)16-28(32(2,30)31)22-11-7-10-20(25)23(22)26/h4-15,21H,3,16H2,1-2H3,(H,27,29)/t21-/m0/s1. The number of sulfonamides is 1. The maximum absolute atomic E-state index is 12.7. The van der Waals surface area contributed by atoms with E-state index in [1.165, 1.54) is 4.31 Å². The van der Waals surface area contributed by atoms with Gasteiger partial charge in [0.15, 0.2) is 0 Å². The normalized spacial score (nSPS) is 12.2. The number of nitrogens with zero attached hydrogens (tertiary/aromatic N) is 1. The molecule has 0 heterocycles. The first-order chi connectivity index (χ1) is 15.2. The van der Waals surface area contributed by atoms with Crippen molar-refractivity contribution in [3.05, 3.63) is 99.5 Å². The zero-order valence-electron chi connectivity index (χ0n) is 17.8. The molecule has 0 saturated carbocycles. The molecule has 0 aliphatic carbocycles. The molecule has 5 nitrogen and oxygen atoms in total. The van der Waals surface area contributed by atoms with Gasteiger partial charge in [0.2, 0.25) is 10.0 Å². The second-order valence-corrected chi connectivity index (χ2v) is 10.1. The SMILES string of the molecule is CC[C@H](NC(=O)c1ccc(CN(c2cccc(Cl)c2Cl)S(C)(=O)=O)cc1)c1ccccc1. The molecule has 3 aromatic rings. The number of rotatable bonds is 8. The summed E-state index contributed by atoms with van der Waals surface area (Å²) >= 11 is 12.3. The summed E-state index contributed by atoms with van der Waals surface area (Å²) in [5.41, 5.74) is 2.55. The van der Waals surface area contributed by atoms with Crippen molar-refractivity contribution < 1.29 is 13.2 Å². The minimum absolute atomic E-state index is 0.0579. The fourth-order valence-corrected chi connectivity index (χ4v) is 4.68. The molecule has 3 rings (SSSR count). The van der Waals surface area contributed by atoms with Crippen LogP contribution in [0, 0.1) is 0 Å². The average Bonchev–Trinajstić information content (AvgIpc) is 2.78. The molecule has 1 N–H and O–H groups in total. The van der Waals surface area contributed by atoms with Crippen LogP contribution in [-0.4, -0.2) is 20.6 Å². The smallest absolute Gasteiger partial charge is 0.251 e. The molecule has 0 unspecified atom stereocenters. The van der Waals surface area contributed by atoms with Crippen molar-refractivity contribution in [2.75, 3.05) is 10.6 Å². The van der Waals surface area contributed by atoms with E-state index >= 15 is 0 Å². The van der Waals surface area contributed by atoms with Gasteiger partial charge >= 0.3 is 0 Å². The number of nitrogens with one attached hydrogen (secondary N) is 1.